The van der Waals surface area contributed by atoms with Crippen molar-refractivity contribution in [2.45, 2.75) is 99.8 Å². The summed E-state index contributed by atoms with van der Waals surface area (Å²) in [6, 6.07) is 24.7. The molecule has 49 heavy (non-hydrogen) atoms. The Balaban J connectivity index is 0.000000347. The first-order valence-electron chi connectivity index (χ1n) is 17.6. The molecule has 3 aromatic carbocycles. The molecule has 2 aromatic heterocycles. The minimum Gasteiger partial charge on any atom is -0.512 e. The van der Waals surface area contributed by atoms with E-state index in [1.807, 2.05) is 33.8 Å². The Hall–Kier alpha value is -3.60. The first-order valence-corrected chi connectivity index (χ1v) is 17.6. The van der Waals surface area contributed by atoms with Gasteiger partial charge in [0.2, 0.25) is 0 Å². The molecule has 0 atom stereocenters. The number of furan rings is 1. The van der Waals surface area contributed by atoms with Gasteiger partial charge in [0.05, 0.1) is 5.76 Å². The van der Waals surface area contributed by atoms with Gasteiger partial charge >= 0.3 is 0 Å². The van der Waals surface area contributed by atoms with E-state index in [9.17, 15) is 9.90 Å². The molecule has 2 heterocycles. The molecule has 0 aliphatic carbocycles. The molecule has 1 N–H and O–H groups in total. The van der Waals surface area contributed by atoms with Gasteiger partial charge in [-0.25, -0.2) is 4.98 Å². The Kier molecular flexibility index (Phi) is 14.5. The van der Waals surface area contributed by atoms with Crippen LogP contribution in [0.15, 0.2) is 83.2 Å². The minimum atomic E-state index is 0. The molecule has 5 rings (SSSR count). The first-order chi connectivity index (χ1) is 22.9. The molecule has 0 saturated heterocycles. The quantitative estimate of drug-likeness (QED) is 0.0815. The number of aliphatic hydroxyl groups is 1. The number of allylic oxidation sites excluding steroid dienone is 2. The van der Waals surface area contributed by atoms with Crippen LogP contribution in [0.25, 0.3) is 44.5 Å². The fraction of sp³-hybridized carbons (Fsp3) is 0.419. The summed E-state index contributed by atoms with van der Waals surface area (Å²) in [7, 11) is 0. The Labute approximate surface area is 307 Å². The smallest absolute Gasteiger partial charge is 0.162 e. The van der Waals surface area contributed by atoms with Crippen molar-refractivity contribution in [3.8, 4) is 22.7 Å². The van der Waals surface area contributed by atoms with Crippen molar-refractivity contribution < 1.29 is 34.4 Å². The second kappa shape index (κ2) is 17.9. The number of carbonyl (C=O) groups is 1. The molecular weight excluding hydrogens is 785 g/mol. The average molecular weight is 838 g/mol. The summed E-state index contributed by atoms with van der Waals surface area (Å²) in [4.78, 5) is 20.8. The van der Waals surface area contributed by atoms with Gasteiger partial charge in [-0.2, -0.15) is 0 Å². The van der Waals surface area contributed by atoms with Gasteiger partial charge in [-0.3, -0.25) is 9.78 Å². The summed E-state index contributed by atoms with van der Waals surface area (Å²) in [6.07, 6.45) is 7.58. The second-order valence-electron chi connectivity index (χ2n) is 14.3. The molecule has 6 heteroatoms. The van der Waals surface area contributed by atoms with Crippen LogP contribution in [0.1, 0.15) is 99.1 Å². The van der Waals surface area contributed by atoms with Gasteiger partial charge in [-0.05, 0) is 73.3 Å². The van der Waals surface area contributed by atoms with Gasteiger partial charge in [0, 0.05) is 49.1 Å². The number of hydrogen-bond acceptors (Lipinski definition) is 5. The van der Waals surface area contributed by atoms with E-state index in [0.29, 0.717) is 5.92 Å². The monoisotopic (exact) mass is 838 g/mol. The van der Waals surface area contributed by atoms with Crippen LogP contribution >= 0.6 is 0 Å². The summed E-state index contributed by atoms with van der Waals surface area (Å²) in [5.41, 5.74) is 6.09. The van der Waals surface area contributed by atoms with E-state index < -0.39 is 0 Å². The predicted molar refractivity (Wildman–Crippen MR) is 200 cm³/mol. The van der Waals surface area contributed by atoms with Crippen molar-refractivity contribution in [3.63, 3.8) is 0 Å². The largest absolute Gasteiger partial charge is 0.512 e. The Morgan fingerprint density at radius 1 is 0.878 bits per heavy atom. The van der Waals surface area contributed by atoms with Crippen LogP contribution in [0.5, 0.6) is 0 Å². The number of nitrogens with zero attached hydrogens (tertiary/aromatic N) is 2. The molecule has 5 nitrogen and oxygen atoms in total. The zero-order valence-electron chi connectivity index (χ0n) is 30.7. The average Bonchev–Trinajstić information content (AvgIpc) is 3.49. The molecule has 1 radical (unpaired) electrons. The number of aromatic nitrogens is 2. The normalized spacial score (nSPS) is 12.0. The fourth-order valence-electron chi connectivity index (χ4n) is 6.22. The van der Waals surface area contributed by atoms with Crippen LogP contribution < -0.4 is 0 Å². The topological polar surface area (TPSA) is 76.2 Å². The number of benzene rings is 3. The van der Waals surface area contributed by atoms with Crippen LogP contribution in [0, 0.1) is 23.8 Å². The first kappa shape index (κ1) is 39.8. The summed E-state index contributed by atoms with van der Waals surface area (Å²) in [5.74, 6) is 1.92. The molecule has 0 aliphatic heterocycles. The maximum absolute atomic E-state index is 11.7. The Bertz CT molecular complexity index is 1860. The van der Waals surface area contributed by atoms with Gasteiger partial charge in [0.25, 0.3) is 0 Å². The molecule has 0 fully saturated rings. The molecule has 0 amide bonds. The van der Waals surface area contributed by atoms with Crippen molar-refractivity contribution in [1.82, 2.24) is 9.97 Å². The number of carbonyl (C=O) groups excluding carboxylic acids is 1. The third-order valence-electron chi connectivity index (χ3n) is 9.09. The van der Waals surface area contributed by atoms with Crippen LogP contribution in [-0.2, 0) is 36.7 Å². The van der Waals surface area contributed by atoms with Crippen molar-refractivity contribution in [3.05, 3.63) is 96.0 Å². The molecule has 5 aromatic rings. The van der Waals surface area contributed by atoms with Crippen LogP contribution in [0.3, 0.4) is 0 Å². The van der Waals surface area contributed by atoms with E-state index in [1.54, 1.807) is 6.33 Å². The number of fused-ring (bicyclic) bond motifs is 2. The SMILES string of the molecule is CC(C)Cc1ccc2oc(-c3cc(-c4[c-]c5ccccc5c(C(C)(C)C)c4)ncn3)cc2c1.CCC(CC)C(=O)/C=C(\O)C(CC)CC.[Ir]. The molecule has 0 aliphatic rings. The molecule has 0 spiro atoms. The Morgan fingerprint density at radius 3 is 2.16 bits per heavy atom. The van der Waals surface area contributed by atoms with Gasteiger partial charge in [-0.1, -0.05) is 97.5 Å². The fourth-order valence-corrected chi connectivity index (χ4v) is 6.22. The van der Waals surface area contributed by atoms with E-state index in [0.717, 1.165) is 71.2 Å². The minimum absolute atomic E-state index is 0. The summed E-state index contributed by atoms with van der Waals surface area (Å²) in [5, 5.41) is 13.2. The van der Waals surface area contributed by atoms with Gasteiger partial charge < -0.3 is 9.52 Å². The van der Waals surface area contributed by atoms with Gasteiger partial charge in [0.15, 0.2) is 11.5 Å². The molecule has 0 unspecified atom stereocenters. The van der Waals surface area contributed by atoms with Crippen molar-refractivity contribution in [2.75, 3.05) is 0 Å². The van der Waals surface area contributed by atoms with Gasteiger partial charge in [-0.15, -0.1) is 29.1 Å². The maximum Gasteiger partial charge on any atom is 0.162 e. The van der Waals surface area contributed by atoms with E-state index in [-0.39, 0.29) is 48.9 Å². The molecular formula is C43H53IrN2O3-. The van der Waals surface area contributed by atoms with Crippen molar-refractivity contribution in [1.29, 1.82) is 0 Å². The third-order valence-corrected chi connectivity index (χ3v) is 9.09. The Morgan fingerprint density at radius 2 is 1.53 bits per heavy atom. The number of hydrogen-bond donors (Lipinski definition) is 1. The molecule has 0 saturated carbocycles. The van der Waals surface area contributed by atoms with Crippen molar-refractivity contribution >= 4 is 27.5 Å². The van der Waals surface area contributed by atoms with E-state index in [4.69, 9.17) is 4.42 Å². The van der Waals surface area contributed by atoms with E-state index in [2.05, 4.69) is 105 Å². The van der Waals surface area contributed by atoms with Crippen LogP contribution in [-0.4, -0.2) is 20.9 Å². The molecule has 263 valence electrons. The maximum atomic E-state index is 11.7. The summed E-state index contributed by atoms with van der Waals surface area (Å²) in [6.45, 7) is 19.3. The van der Waals surface area contributed by atoms with Crippen LogP contribution in [0.2, 0.25) is 0 Å². The summed E-state index contributed by atoms with van der Waals surface area (Å²) >= 11 is 0. The van der Waals surface area contributed by atoms with E-state index >= 15 is 0 Å². The second-order valence-corrected chi connectivity index (χ2v) is 14.3. The third kappa shape index (κ3) is 10.2. The predicted octanol–water partition coefficient (Wildman–Crippen LogP) is 11.9. The van der Waals surface area contributed by atoms with Crippen molar-refractivity contribution in [2.24, 2.45) is 17.8 Å². The molecule has 0 bridgehead atoms. The zero-order valence-corrected chi connectivity index (χ0v) is 33.1. The zero-order chi connectivity index (χ0) is 35.0. The number of rotatable bonds is 11. The van der Waals surface area contributed by atoms with Crippen LogP contribution in [0.4, 0.5) is 0 Å². The van der Waals surface area contributed by atoms with E-state index in [1.165, 1.54) is 22.6 Å². The number of aliphatic hydroxyl groups excluding tert-OH is 1. The summed E-state index contributed by atoms with van der Waals surface area (Å²) < 4.78 is 6.15. The standard InChI is InChI=1S/C30H29N2O.C13H24O2.Ir/c1-19(2)12-20-10-11-28-23(13-20)16-29(33-28)27-17-26(31-18-32-27)22-14-21-8-6-7-9-24(21)25(15-22)30(3,4)5;1-5-10(6-2)12(14)9-13(15)11(7-3)8-4;/h6-11,13,15-19H,12H2,1-5H3;9-11,14H,5-8H2,1-4H3;/q-1;;/b;12-9-;. The van der Waals surface area contributed by atoms with Gasteiger partial charge in [0.1, 0.15) is 17.6 Å². The number of ketones is 1.